The molecule has 0 saturated heterocycles. The number of aromatic nitrogens is 1. The summed E-state index contributed by atoms with van der Waals surface area (Å²) in [5.74, 6) is -0.0650. The van der Waals surface area contributed by atoms with Crippen LogP contribution in [-0.4, -0.2) is 36.7 Å². The summed E-state index contributed by atoms with van der Waals surface area (Å²) >= 11 is 0. The van der Waals surface area contributed by atoms with Crippen molar-refractivity contribution in [2.24, 2.45) is 5.41 Å². The third-order valence-electron chi connectivity index (χ3n) is 4.19. The first kappa shape index (κ1) is 14.8. The second kappa shape index (κ2) is 5.79. The Morgan fingerprint density at radius 3 is 2.90 bits per heavy atom. The van der Waals surface area contributed by atoms with Gasteiger partial charge in [-0.3, -0.25) is 9.78 Å². The Kier molecular flexibility index (Phi) is 4.28. The van der Waals surface area contributed by atoms with Crippen LogP contribution in [0.1, 0.15) is 37.6 Å². The van der Waals surface area contributed by atoms with E-state index in [1.54, 1.807) is 25.5 Å². The van der Waals surface area contributed by atoms with Gasteiger partial charge in [0.15, 0.2) is 0 Å². The molecule has 1 aliphatic rings. The first-order valence-electron chi connectivity index (χ1n) is 7.05. The predicted octanol–water partition coefficient (Wildman–Crippen LogP) is 2.06. The number of ether oxygens (including phenoxy) is 1. The fraction of sp³-hybridized carbons (Fsp3) is 0.600. The van der Waals surface area contributed by atoms with Gasteiger partial charge < -0.3 is 15.4 Å². The van der Waals surface area contributed by atoms with Gasteiger partial charge in [-0.1, -0.05) is 13.8 Å². The highest BCUT2D eigenvalue weighted by molar-refractivity contribution is 5.99. The summed E-state index contributed by atoms with van der Waals surface area (Å²) in [7, 11) is 1.78. The maximum absolute atomic E-state index is 12.4. The van der Waals surface area contributed by atoms with Crippen molar-refractivity contribution in [1.29, 1.82) is 0 Å². The normalized spacial score (nSPS) is 23.8. The average Bonchev–Trinajstić information content (AvgIpc) is 2.46. The van der Waals surface area contributed by atoms with Gasteiger partial charge in [-0.2, -0.15) is 0 Å². The molecular formula is C15H23N3O2. The number of rotatable bonds is 5. The van der Waals surface area contributed by atoms with Crippen LogP contribution in [0.2, 0.25) is 0 Å². The summed E-state index contributed by atoms with van der Waals surface area (Å²) in [6.45, 7) is 6.97. The molecule has 2 N–H and O–H groups in total. The number of hydrogen-bond donors (Lipinski definition) is 2. The van der Waals surface area contributed by atoms with E-state index >= 15 is 0 Å². The number of hydrogen-bond acceptors (Lipinski definition) is 4. The second-order valence-electron chi connectivity index (χ2n) is 5.70. The minimum atomic E-state index is -0.0650. The van der Waals surface area contributed by atoms with Crippen molar-refractivity contribution >= 4 is 11.6 Å². The van der Waals surface area contributed by atoms with Gasteiger partial charge in [0.25, 0.3) is 5.91 Å². The fourth-order valence-electron chi connectivity index (χ4n) is 2.64. The van der Waals surface area contributed by atoms with E-state index in [2.05, 4.69) is 29.5 Å². The van der Waals surface area contributed by atoms with Gasteiger partial charge in [0, 0.05) is 31.3 Å². The molecule has 2 rings (SSSR count). The van der Waals surface area contributed by atoms with Crippen molar-refractivity contribution in [3.8, 4) is 0 Å². The molecule has 0 aromatic carbocycles. The van der Waals surface area contributed by atoms with E-state index in [-0.39, 0.29) is 23.5 Å². The molecule has 1 aromatic rings. The number of pyridine rings is 1. The van der Waals surface area contributed by atoms with Crippen LogP contribution in [0.5, 0.6) is 0 Å². The third kappa shape index (κ3) is 2.63. The number of amides is 1. The van der Waals surface area contributed by atoms with Crippen molar-refractivity contribution in [2.45, 2.75) is 39.3 Å². The molecule has 5 nitrogen and oxygen atoms in total. The topological polar surface area (TPSA) is 63.2 Å². The quantitative estimate of drug-likeness (QED) is 0.864. The van der Waals surface area contributed by atoms with Gasteiger partial charge in [0.05, 0.1) is 23.6 Å². The summed E-state index contributed by atoms with van der Waals surface area (Å²) in [6.07, 6.45) is 4.38. The Labute approximate surface area is 120 Å². The Morgan fingerprint density at radius 2 is 2.30 bits per heavy atom. The Bertz CT molecular complexity index is 488. The lowest BCUT2D eigenvalue weighted by atomic mass is 9.64. The van der Waals surface area contributed by atoms with Crippen molar-refractivity contribution < 1.29 is 9.53 Å². The molecule has 1 aromatic heterocycles. The van der Waals surface area contributed by atoms with Gasteiger partial charge in [0.2, 0.25) is 0 Å². The first-order chi connectivity index (χ1) is 9.50. The van der Waals surface area contributed by atoms with E-state index in [0.29, 0.717) is 12.2 Å². The summed E-state index contributed by atoms with van der Waals surface area (Å²) in [6, 6.07) is 1.87. The Balaban J connectivity index is 2.03. The van der Waals surface area contributed by atoms with Crippen LogP contribution < -0.4 is 10.6 Å². The van der Waals surface area contributed by atoms with Crippen molar-refractivity contribution in [2.75, 3.05) is 19.0 Å². The van der Waals surface area contributed by atoms with Gasteiger partial charge in [0.1, 0.15) is 0 Å². The molecule has 110 valence electrons. The van der Waals surface area contributed by atoms with Crippen LogP contribution in [-0.2, 0) is 4.74 Å². The Morgan fingerprint density at radius 1 is 1.55 bits per heavy atom. The average molecular weight is 277 g/mol. The molecule has 0 aliphatic heterocycles. The minimum Gasteiger partial charge on any atom is -0.386 e. The zero-order valence-corrected chi connectivity index (χ0v) is 12.6. The summed E-state index contributed by atoms with van der Waals surface area (Å²) in [5, 5.41) is 6.09. The second-order valence-corrected chi connectivity index (χ2v) is 5.70. The van der Waals surface area contributed by atoms with Crippen LogP contribution in [0.3, 0.4) is 0 Å². The van der Waals surface area contributed by atoms with Crippen molar-refractivity contribution in [1.82, 2.24) is 10.3 Å². The standard InChI is InChI=1S/C15H23N3O2/c1-5-20-13-8-12(15(13,2)3)18-14(19)10-6-7-17-9-11(10)16-4/h6-7,9,12-13,16H,5,8H2,1-4H3,(H,18,19). The lowest BCUT2D eigenvalue weighted by molar-refractivity contribution is -0.111. The molecule has 0 spiro atoms. The number of nitrogens with zero attached hydrogens (tertiary/aromatic N) is 1. The molecule has 1 amide bonds. The maximum atomic E-state index is 12.4. The van der Waals surface area contributed by atoms with E-state index in [4.69, 9.17) is 4.74 Å². The maximum Gasteiger partial charge on any atom is 0.253 e. The largest absolute Gasteiger partial charge is 0.386 e. The molecule has 1 aliphatic carbocycles. The molecule has 1 heterocycles. The van der Waals surface area contributed by atoms with E-state index < -0.39 is 0 Å². The minimum absolute atomic E-state index is 0.0293. The number of nitrogens with one attached hydrogen (secondary N) is 2. The van der Waals surface area contributed by atoms with Gasteiger partial charge in [-0.15, -0.1) is 0 Å². The van der Waals surface area contributed by atoms with Crippen LogP contribution in [0.15, 0.2) is 18.5 Å². The number of anilines is 1. The van der Waals surface area contributed by atoms with E-state index in [1.807, 2.05) is 6.92 Å². The molecular weight excluding hydrogens is 254 g/mol. The van der Waals surface area contributed by atoms with Gasteiger partial charge in [-0.25, -0.2) is 0 Å². The zero-order valence-electron chi connectivity index (χ0n) is 12.6. The number of carbonyl (C=O) groups is 1. The highest BCUT2D eigenvalue weighted by atomic mass is 16.5. The summed E-state index contributed by atoms with van der Waals surface area (Å²) < 4.78 is 5.68. The zero-order chi connectivity index (χ0) is 14.8. The smallest absolute Gasteiger partial charge is 0.253 e. The molecule has 0 radical (unpaired) electrons. The lowest BCUT2D eigenvalue weighted by Crippen LogP contribution is -2.62. The van der Waals surface area contributed by atoms with Crippen LogP contribution in [0.4, 0.5) is 5.69 Å². The molecule has 0 bridgehead atoms. The fourth-order valence-corrected chi connectivity index (χ4v) is 2.64. The van der Waals surface area contributed by atoms with Gasteiger partial charge in [-0.05, 0) is 19.4 Å². The van der Waals surface area contributed by atoms with E-state index in [0.717, 1.165) is 12.1 Å². The molecule has 2 atom stereocenters. The summed E-state index contributed by atoms with van der Waals surface area (Å²) in [5.41, 5.74) is 1.33. The molecule has 5 heteroatoms. The SMILES string of the molecule is CCOC1CC(NC(=O)c2ccncc2NC)C1(C)C. The number of carbonyl (C=O) groups excluding carboxylic acids is 1. The van der Waals surface area contributed by atoms with Crippen molar-refractivity contribution in [3.05, 3.63) is 24.0 Å². The van der Waals surface area contributed by atoms with Gasteiger partial charge >= 0.3 is 0 Å². The molecule has 2 unspecified atom stereocenters. The Hall–Kier alpha value is -1.62. The van der Waals surface area contributed by atoms with Crippen LogP contribution in [0.25, 0.3) is 0 Å². The first-order valence-corrected chi connectivity index (χ1v) is 7.05. The van der Waals surface area contributed by atoms with Crippen LogP contribution >= 0.6 is 0 Å². The van der Waals surface area contributed by atoms with E-state index in [1.165, 1.54) is 0 Å². The highest BCUT2D eigenvalue weighted by Crippen LogP contribution is 2.42. The van der Waals surface area contributed by atoms with E-state index in [9.17, 15) is 4.79 Å². The lowest BCUT2D eigenvalue weighted by Gasteiger charge is -2.51. The molecule has 1 saturated carbocycles. The van der Waals surface area contributed by atoms with Crippen molar-refractivity contribution in [3.63, 3.8) is 0 Å². The highest BCUT2D eigenvalue weighted by Gasteiger charge is 2.49. The third-order valence-corrected chi connectivity index (χ3v) is 4.19. The molecule has 20 heavy (non-hydrogen) atoms. The molecule has 1 fully saturated rings. The summed E-state index contributed by atoms with van der Waals surface area (Å²) in [4.78, 5) is 16.4. The predicted molar refractivity (Wildman–Crippen MR) is 78.8 cm³/mol. The monoisotopic (exact) mass is 277 g/mol. The van der Waals surface area contributed by atoms with Crippen LogP contribution in [0, 0.1) is 5.41 Å².